The summed E-state index contributed by atoms with van der Waals surface area (Å²) in [6.45, 7) is 1.95. The second kappa shape index (κ2) is 6.89. The molecule has 0 saturated carbocycles. The lowest BCUT2D eigenvalue weighted by atomic mass is 10.2. The SMILES string of the molecule is Cc1cc2c(cc1S(=O)(=O)N(C)CCCc1ccco1)OCC(=O)N2. The molecule has 0 fully saturated rings. The maximum atomic E-state index is 12.9. The van der Waals surface area contributed by atoms with E-state index in [0.29, 0.717) is 36.4 Å². The minimum atomic E-state index is -3.65. The highest BCUT2D eigenvalue weighted by Crippen LogP contribution is 2.33. The van der Waals surface area contributed by atoms with E-state index >= 15 is 0 Å². The zero-order chi connectivity index (χ0) is 18.0. The van der Waals surface area contributed by atoms with E-state index in [2.05, 4.69) is 5.32 Å². The van der Waals surface area contributed by atoms with Crippen molar-refractivity contribution < 1.29 is 22.4 Å². The maximum Gasteiger partial charge on any atom is 0.262 e. The predicted molar refractivity (Wildman–Crippen MR) is 92.1 cm³/mol. The van der Waals surface area contributed by atoms with Crippen molar-refractivity contribution in [3.63, 3.8) is 0 Å². The third kappa shape index (κ3) is 3.69. The van der Waals surface area contributed by atoms with Crippen molar-refractivity contribution in [1.29, 1.82) is 0 Å². The molecule has 1 N–H and O–H groups in total. The summed E-state index contributed by atoms with van der Waals surface area (Å²) < 4.78 is 37.6. The van der Waals surface area contributed by atoms with E-state index in [1.807, 2.05) is 12.1 Å². The van der Waals surface area contributed by atoms with Crippen LogP contribution in [0, 0.1) is 6.92 Å². The molecule has 25 heavy (non-hydrogen) atoms. The fraction of sp³-hybridized carbons (Fsp3) is 0.353. The first-order chi connectivity index (χ1) is 11.9. The van der Waals surface area contributed by atoms with Crippen LogP contribution < -0.4 is 10.1 Å². The number of fused-ring (bicyclic) bond motifs is 1. The fourth-order valence-corrected chi connectivity index (χ4v) is 4.14. The first-order valence-electron chi connectivity index (χ1n) is 7.94. The first kappa shape index (κ1) is 17.5. The monoisotopic (exact) mass is 364 g/mol. The highest BCUT2D eigenvalue weighted by Gasteiger charge is 2.26. The number of hydrogen-bond acceptors (Lipinski definition) is 5. The molecule has 0 aliphatic carbocycles. The van der Waals surface area contributed by atoms with Crippen LogP contribution in [0.2, 0.25) is 0 Å². The van der Waals surface area contributed by atoms with Gasteiger partial charge in [0.25, 0.3) is 5.91 Å². The predicted octanol–water partition coefficient (Wildman–Crippen LogP) is 2.17. The van der Waals surface area contributed by atoms with Gasteiger partial charge in [-0.2, -0.15) is 0 Å². The zero-order valence-electron chi connectivity index (χ0n) is 14.1. The molecule has 1 amide bonds. The number of nitrogens with zero attached hydrogens (tertiary/aromatic N) is 1. The standard InChI is InChI=1S/C17H20N2O5S/c1-12-9-14-15(24-11-17(20)18-14)10-16(12)25(21,22)19(2)7-3-5-13-6-4-8-23-13/h4,6,8-10H,3,5,7,11H2,1-2H3,(H,18,20). The Bertz CT molecular complexity index is 875. The molecule has 3 rings (SSSR count). The van der Waals surface area contributed by atoms with E-state index < -0.39 is 10.0 Å². The normalized spacial score (nSPS) is 14.1. The van der Waals surface area contributed by atoms with E-state index in [9.17, 15) is 13.2 Å². The Labute approximate surface area is 146 Å². The number of rotatable bonds is 6. The average Bonchev–Trinajstić information content (AvgIpc) is 3.07. The zero-order valence-corrected chi connectivity index (χ0v) is 14.9. The minimum Gasteiger partial charge on any atom is -0.482 e. The molecule has 0 saturated heterocycles. The largest absolute Gasteiger partial charge is 0.482 e. The van der Waals surface area contributed by atoms with Crippen molar-refractivity contribution in [2.75, 3.05) is 25.5 Å². The molecular weight excluding hydrogens is 344 g/mol. The van der Waals surface area contributed by atoms with Crippen LogP contribution in [-0.2, 0) is 21.2 Å². The molecule has 1 aromatic heterocycles. The summed E-state index contributed by atoms with van der Waals surface area (Å²) >= 11 is 0. The van der Waals surface area contributed by atoms with Gasteiger partial charge in [-0.25, -0.2) is 12.7 Å². The molecule has 8 heteroatoms. The van der Waals surface area contributed by atoms with E-state index in [1.54, 1.807) is 26.3 Å². The second-order valence-electron chi connectivity index (χ2n) is 5.96. The van der Waals surface area contributed by atoms with Crippen molar-refractivity contribution in [2.45, 2.75) is 24.7 Å². The molecule has 1 aliphatic heterocycles. The Morgan fingerprint density at radius 3 is 2.84 bits per heavy atom. The molecule has 7 nitrogen and oxygen atoms in total. The number of furan rings is 1. The van der Waals surface area contributed by atoms with Gasteiger partial charge in [0.1, 0.15) is 11.5 Å². The number of nitrogens with one attached hydrogen (secondary N) is 1. The first-order valence-corrected chi connectivity index (χ1v) is 9.38. The van der Waals surface area contributed by atoms with Gasteiger partial charge in [-0.15, -0.1) is 0 Å². The number of ether oxygens (including phenoxy) is 1. The van der Waals surface area contributed by atoms with Crippen molar-refractivity contribution >= 4 is 21.6 Å². The van der Waals surface area contributed by atoms with Crippen LogP contribution >= 0.6 is 0 Å². The third-order valence-electron chi connectivity index (χ3n) is 4.07. The molecule has 0 bridgehead atoms. The summed E-state index contributed by atoms with van der Waals surface area (Å²) in [6.07, 6.45) is 2.93. The summed E-state index contributed by atoms with van der Waals surface area (Å²) in [4.78, 5) is 11.6. The van der Waals surface area contributed by atoms with Crippen LogP contribution in [-0.4, -0.2) is 38.8 Å². The Balaban J connectivity index is 1.75. The summed E-state index contributed by atoms with van der Waals surface area (Å²) in [5.74, 6) is 0.949. The number of hydrogen-bond donors (Lipinski definition) is 1. The van der Waals surface area contributed by atoms with Crippen LogP contribution in [0.5, 0.6) is 5.75 Å². The lowest BCUT2D eigenvalue weighted by molar-refractivity contribution is -0.118. The van der Waals surface area contributed by atoms with Crippen molar-refractivity contribution in [3.8, 4) is 5.75 Å². The number of carbonyl (C=O) groups excluding carboxylic acids is 1. The molecule has 2 aromatic rings. The topological polar surface area (TPSA) is 88.8 Å². The number of anilines is 1. The lowest BCUT2D eigenvalue weighted by Crippen LogP contribution is -2.30. The molecule has 1 aliphatic rings. The highest BCUT2D eigenvalue weighted by molar-refractivity contribution is 7.89. The van der Waals surface area contributed by atoms with Crippen LogP contribution in [0.25, 0.3) is 0 Å². The molecule has 134 valence electrons. The summed E-state index contributed by atoms with van der Waals surface area (Å²) in [7, 11) is -2.09. The second-order valence-corrected chi connectivity index (χ2v) is 7.97. The Hall–Kier alpha value is -2.32. The lowest BCUT2D eigenvalue weighted by Gasteiger charge is -2.22. The molecule has 0 unspecified atom stereocenters. The van der Waals surface area contributed by atoms with Crippen molar-refractivity contribution in [1.82, 2.24) is 4.31 Å². The highest BCUT2D eigenvalue weighted by atomic mass is 32.2. The van der Waals surface area contributed by atoms with Gasteiger partial charge in [0.15, 0.2) is 6.61 Å². The van der Waals surface area contributed by atoms with Gasteiger partial charge < -0.3 is 14.5 Å². The molecule has 0 atom stereocenters. The van der Waals surface area contributed by atoms with Crippen molar-refractivity contribution in [3.05, 3.63) is 41.9 Å². The number of amides is 1. The van der Waals surface area contributed by atoms with Crippen LogP contribution in [0.1, 0.15) is 17.7 Å². The summed E-state index contributed by atoms with van der Waals surface area (Å²) in [6, 6.07) is 6.78. The molecule has 0 radical (unpaired) electrons. The minimum absolute atomic E-state index is 0.117. The van der Waals surface area contributed by atoms with Crippen LogP contribution in [0.15, 0.2) is 39.8 Å². The number of benzene rings is 1. The Morgan fingerprint density at radius 1 is 1.32 bits per heavy atom. The van der Waals surface area contributed by atoms with E-state index in [1.165, 1.54) is 10.4 Å². The van der Waals surface area contributed by atoms with E-state index in [0.717, 1.165) is 5.76 Å². The molecule has 2 heterocycles. The fourth-order valence-electron chi connectivity index (χ4n) is 2.71. The van der Waals surface area contributed by atoms with E-state index in [4.69, 9.17) is 9.15 Å². The van der Waals surface area contributed by atoms with Crippen LogP contribution in [0.3, 0.4) is 0 Å². The Kier molecular flexibility index (Phi) is 4.82. The van der Waals surface area contributed by atoms with Gasteiger partial charge >= 0.3 is 0 Å². The average molecular weight is 364 g/mol. The van der Waals surface area contributed by atoms with Gasteiger partial charge in [0.05, 0.1) is 16.8 Å². The number of carbonyl (C=O) groups is 1. The Morgan fingerprint density at radius 2 is 2.12 bits per heavy atom. The molecule has 1 aromatic carbocycles. The number of aryl methyl sites for hydroxylation is 2. The summed E-state index contributed by atoms with van der Waals surface area (Å²) in [5.41, 5.74) is 1.05. The maximum absolute atomic E-state index is 12.9. The van der Waals surface area contributed by atoms with E-state index in [-0.39, 0.29) is 17.4 Å². The van der Waals surface area contributed by atoms with Gasteiger partial charge in [-0.1, -0.05) is 0 Å². The van der Waals surface area contributed by atoms with Gasteiger partial charge in [0, 0.05) is 26.1 Å². The molecular formula is C17H20N2O5S. The van der Waals surface area contributed by atoms with Crippen molar-refractivity contribution in [2.24, 2.45) is 0 Å². The van der Waals surface area contributed by atoms with Gasteiger partial charge in [0.2, 0.25) is 10.0 Å². The van der Waals surface area contributed by atoms with Gasteiger partial charge in [-0.3, -0.25) is 4.79 Å². The van der Waals surface area contributed by atoms with Gasteiger partial charge in [-0.05, 0) is 37.1 Å². The number of sulfonamides is 1. The quantitative estimate of drug-likeness (QED) is 0.849. The van der Waals surface area contributed by atoms with Crippen LogP contribution in [0.4, 0.5) is 5.69 Å². The third-order valence-corrected chi connectivity index (χ3v) is 6.07. The molecule has 0 spiro atoms. The summed E-state index contributed by atoms with van der Waals surface area (Å²) in [5, 5.41) is 2.68. The smallest absolute Gasteiger partial charge is 0.262 e.